The summed E-state index contributed by atoms with van der Waals surface area (Å²) in [4.78, 5) is 0. The number of rotatable bonds is 5. The second-order valence-electron chi connectivity index (χ2n) is 5.76. The van der Waals surface area contributed by atoms with Gasteiger partial charge in [0.25, 0.3) is 0 Å². The molecule has 0 radical (unpaired) electrons. The molecule has 3 rings (SSSR count). The first-order valence-electron chi connectivity index (χ1n) is 8.27. The maximum absolute atomic E-state index is 13.4. The Kier molecular flexibility index (Phi) is 6.35. The maximum Gasteiger partial charge on any atom is 0.197 e. The highest BCUT2D eigenvalue weighted by molar-refractivity contribution is 9.10. The van der Waals surface area contributed by atoms with Crippen molar-refractivity contribution in [3.05, 3.63) is 70.8 Å². The summed E-state index contributed by atoms with van der Waals surface area (Å²) in [5.74, 6) is 0.313. The number of nitrogens with one attached hydrogen (secondary N) is 4. The third-order valence-corrected chi connectivity index (χ3v) is 4.43. The average molecular weight is 462 g/mol. The molecule has 29 heavy (non-hydrogen) atoms. The van der Waals surface area contributed by atoms with Crippen LogP contribution in [0.15, 0.2) is 69.0 Å². The van der Waals surface area contributed by atoms with E-state index in [9.17, 15) is 9.60 Å². The third kappa shape index (κ3) is 5.05. The second-order valence-corrected chi connectivity index (χ2v) is 6.61. The van der Waals surface area contributed by atoms with E-state index in [0.717, 1.165) is 0 Å². The molecule has 2 aromatic carbocycles. The summed E-state index contributed by atoms with van der Waals surface area (Å²) in [7, 11) is 1.57. The Morgan fingerprint density at radius 1 is 1.10 bits per heavy atom. The van der Waals surface area contributed by atoms with E-state index in [1.807, 2.05) is 0 Å². The number of nitrogens with zero attached hydrogens (tertiary/aromatic N) is 1. The molecule has 0 atom stereocenters. The number of hydrogen-bond donors (Lipinski definition) is 5. The lowest BCUT2D eigenvalue weighted by Crippen LogP contribution is -2.22. The summed E-state index contributed by atoms with van der Waals surface area (Å²) < 4.78 is 23.9. The molecule has 3 aromatic rings. The summed E-state index contributed by atoms with van der Waals surface area (Å²) in [6.45, 7) is 0. The Morgan fingerprint density at radius 3 is 2.48 bits per heavy atom. The number of ether oxygens (including phenoxy) is 1. The van der Waals surface area contributed by atoms with Crippen LogP contribution in [0.3, 0.4) is 0 Å². The standard InChI is InChI=1S/C19H17BrFN5O3/c1-28-13-5-2-11(3-6-13)24-19(22)25-17-10-29-9-14(17)18(26-27)23-12-4-7-16(21)15(20)8-12/h2-10,27H,1H3,(H,23,26)(H3,22,24,25). The predicted octanol–water partition coefficient (Wildman–Crippen LogP) is 4.90. The number of benzene rings is 2. The van der Waals surface area contributed by atoms with Crippen molar-refractivity contribution in [2.45, 2.75) is 0 Å². The number of hydrogen-bond acceptors (Lipinski definition) is 5. The molecule has 0 spiro atoms. The van der Waals surface area contributed by atoms with Gasteiger partial charge in [-0.2, -0.15) is 0 Å². The van der Waals surface area contributed by atoms with Gasteiger partial charge in [-0.1, -0.05) is 5.16 Å². The summed E-state index contributed by atoms with van der Waals surface area (Å²) >= 11 is 3.10. The summed E-state index contributed by atoms with van der Waals surface area (Å²) in [6, 6.07) is 11.3. The summed E-state index contributed by atoms with van der Waals surface area (Å²) in [5, 5.41) is 29.4. The van der Waals surface area contributed by atoms with Crippen LogP contribution >= 0.6 is 15.9 Å². The highest BCUT2D eigenvalue weighted by Crippen LogP contribution is 2.23. The normalized spacial score (nSPS) is 11.1. The van der Waals surface area contributed by atoms with Crippen molar-refractivity contribution in [1.29, 1.82) is 5.41 Å². The monoisotopic (exact) mass is 461 g/mol. The molecule has 1 aromatic heterocycles. The van der Waals surface area contributed by atoms with E-state index in [-0.39, 0.29) is 16.3 Å². The minimum Gasteiger partial charge on any atom is -0.497 e. The Hall–Kier alpha value is -3.53. The highest BCUT2D eigenvalue weighted by atomic mass is 79.9. The van der Waals surface area contributed by atoms with Gasteiger partial charge in [0.05, 0.1) is 22.8 Å². The van der Waals surface area contributed by atoms with Crippen molar-refractivity contribution in [2.24, 2.45) is 5.16 Å². The molecule has 0 unspecified atom stereocenters. The number of anilines is 3. The molecule has 0 aliphatic rings. The second kappa shape index (κ2) is 9.11. The van der Waals surface area contributed by atoms with Crippen molar-refractivity contribution < 1.29 is 18.8 Å². The molecule has 8 nitrogen and oxygen atoms in total. The number of furan rings is 1. The topological polar surface area (TPSA) is 115 Å². The molecule has 0 aliphatic carbocycles. The fourth-order valence-electron chi connectivity index (χ4n) is 2.42. The van der Waals surface area contributed by atoms with Crippen LogP contribution in [0.5, 0.6) is 5.75 Å². The number of methoxy groups -OCH3 is 1. The molecule has 1 heterocycles. The molecule has 0 bridgehead atoms. The molecular formula is C19H17BrFN5O3. The van der Waals surface area contributed by atoms with E-state index in [2.05, 4.69) is 37.0 Å². The van der Waals surface area contributed by atoms with Gasteiger partial charge in [0, 0.05) is 11.4 Å². The van der Waals surface area contributed by atoms with Crippen molar-refractivity contribution in [3.8, 4) is 5.75 Å². The van der Waals surface area contributed by atoms with Gasteiger partial charge in [-0.05, 0) is 58.4 Å². The summed E-state index contributed by atoms with van der Waals surface area (Å²) in [6.07, 6.45) is 2.72. The number of amidine groups is 1. The number of halogens is 2. The van der Waals surface area contributed by atoms with E-state index < -0.39 is 5.82 Å². The smallest absolute Gasteiger partial charge is 0.197 e. The van der Waals surface area contributed by atoms with Gasteiger partial charge in [0.2, 0.25) is 0 Å². The molecule has 150 valence electrons. The number of guanidine groups is 1. The van der Waals surface area contributed by atoms with Gasteiger partial charge < -0.3 is 30.3 Å². The van der Waals surface area contributed by atoms with E-state index >= 15 is 0 Å². The zero-order chi connectivity index (χ0) is 20.8. The Bertz CT molecular complexity index is 1040. The van der Waals surface area contributed by atoms with Gasteiger partial charge in [0.15, 0.2) is 11.8 Å². The zero-order valence-electron chi connectivity index (χ0n) is 15.2. The molecule has 0 saturated carbocycles. The predicted molar refractivity (Wildman–Crippen MR) is 113 cm³/mol. The van der Waals surface area contributed by atoms with Crippen LogP contribution in [0.1, 0.15) is 5.56 Å². The van der Waals surface area contributed by atoms with Crippen LogP contribution in [0, 0.1) is 11.2 Å². The fraction of sp³-hybridized carbons (Fsp3) is 0.0526. The van der Waals surface area contributed by atoms with Crippen LogP contribution in [0.4, 0.5) is 21.5 Å². The quantitative estimate of drug-likeness (QED) is 0.160. The Morgan fingerprint density at radius 2 is 1.83 bits per heavy atom. The van der Waals surface area contributed by atoms with Crippen molar-refractivity contribution in [3.63, 3.8) is 0 Å². The lowest BCUT2D eigenvalue weighted by Gasteiger charge is -2.12. The van der Waals surface area contributed by atoms with Gasteiger partial charge in [-0.15, -0.1) is 0 Å². The Labute approximate surface area is 174 Å². The molecule has 10 heteroatoms. The van der Waals surface area contributed by atoms with Crippen LogP contribution < -0.4 is 20.7 Å². The SMILES string of the molecule is COc1ccc(NC(=N)Nc2cocc2/C(=N/O)Nc2ccc(F)c(Br)c2)cc1. The lowest BCUT2D eigenvalue weighted by atomic mass is 10.2. The number of oxime groups is 1. The Balaban J connectivity index is 1.71. The van der Waals surface area contributed by atoms with E-state index in [4.69, 9.17) is 14.6 Å². The lowest BCUT2D eigenvalue weighted by molar-refractivity contribution is 0.319. The van der Waals surface area contributed by atoms with E-state index in [1.165, 1.54) is 30.7 Å². The van der Waals surface area contributed by atoms with Crippen LogP contribution in [-0.4, -0.2) is 24.1 Å². The zero-order valence-corrected chi connectivity index (χ0v) is 16.7. The average Bonchev–Trinajstić information content (AvgIpc) is 3.17. The third-order valence-electron chi connectivity index (χ3n) is 3.82. The minimum absolute atomic E-state index is 0.0281. The van der Waals surface area contributed by atoms with Gasteiger partial charge in [0.1, 0.15) is 24.1 Å². The highest BCUT2D eigenvalue weighted by Gasteiger charge is 2.15. The first kappa shape index (κ1) is 20.2. The fourth-order valence-corrected chi connectivity index (χ4v) is 2.80. The largest absolute Gasteiger partial charge is 0.497 e. The molecule has 0 fully saturated rings. The van der Waals surface area contributed by atoms with Gasteiger partial charge >= 0.3 is 0 Å². The van der Waals surface area contributed by atoms with Crippen LogP contribution in [0.2, 0.25) is 0 Å². The van der Waals surface area contributed by atoms with Gasteiger partial charge in [-0.25, -0.2) is 4.39 Å². The molecule has 0 saturated heterocycles. The van der Waals surface area contributed by atoms with Crippen LogP contribution in [0.25, 0.3) is 0 Å². The van der Waals surface area contributed by atoms with Gasteiger partial charge in [-0.3, -0.25) is 5.41 Å². The minimum atomic E-state index is -0.415. The molecule has 0 amide bonds. The van der Waals surface area contributed by atoms with E-state index in [0.29, 0.717) is 28.4 Å². The van der Waals surface area contributed by atoms with Crippen molar-refractivity contribution >= 4 is 44.8 Å². The van der Waals surface area contributed by atoms with E-state index in [1.54, 1.807) is 31.4 Å². The molecule has 0 aliphatic heterocycles. The molecular weight excluding hydrogens is 445 g/mol. The van der Waals surface area contributed by atoms with Crippen molar-refractivity contribution in [1.82, 2.24) is 0 Å². The maximum atomic E-state index is 13.4. The first-order chi connectivity index (χ1) is 14.0. The summed E-state index contributed by atoms with van der Waals surface area (Å²) in [5.41, 5.74) is 1.93. The first-order valence-corrected chi connectivity index (χ1v) is 9.07. The van der Waals surface area contributed by atoms with Crippen molar-refractivity contribution in [2.75, 3.05) is 23.1 Å². The van der Waals surface area contributed by atoms with Crippen LogP contribution in [-0.2, 0) is 0 Å². The molecule has 5 N–H and O–H groups in total.